The van der Waals surface area contributed by atoms with Gasteiger partial charge in [0.15, 0.2) is 17.4 Å². The number of ether oxygens (including phenoxy) is 2. The Bertz CT molecular complexity index is 1120. The maximum atomic E-state index is 15.2. The van der Waals surface area contributed by atoms with Crippen LogP contribution in [-0.4, -0.2) is 64.8 Å². The number of amides is 1. The molecule has 11 heteroatoms. The monoisotopic (exact) mass is 530 g/mol. The van der Waals surface area contributed by atoms with Crippen LogP contribution in [0.5, 0.6) is 11.8 Å². The van der Waals surface area contributed by atoms with Crippen LogP contribution >= 0.6 is 27.5 Å². The molecule has 0 N–H and O–H groups in total. The van der Waals surface area contributed by atoms with Crippen LogP contribution in [0.2, 0.25) is 5.02 Å². The Balaban J connectivity index is 1.62. The number of alkyl halides is 1. The number of benzene rings is 1. The molecule has 2 saturated heterocycles. The molecule has 3 aliphatic heterocycles. The highest BCUT2D eigenvalue weighted by atomic mass is 79.9. The summed E-state index contributed by atoms with van der Waals surface area (Å²) in [6.07, 6.45) is 1.27. The zero-order chi connectivity index (χ0) is 22.8. The summed E-state index contributed by atoms with van der Waals surface area (Å²) >= 11 is 9.52. The number of halogens is 4. The first-order valence-electron chi connectivity index (χ1n) is 10.5. The standard InChI is InChI=1S/C21H22BrClF2N4O3/c1-10-8-31-18-13-17(16(25)14(22)15(18)23)26-20(27-19(13)29(10)11(2)30)32-9-21-4-3-5-28(21)7-12(24)6-21/h10,12H,3-9H2,1-2H3/t10-,12+,21-/m0/s1. The summed E-state index contributed by atoms with van der Waals surface area (Å²) in [7, 11) is 0. The largest absolute Gasteiger partial charge is 0.489 e. The molecule has 7 nitrogen and oxygen atoms in total. The Morgan fingerprint density at radius 1 is 1.44 bits per heavy atom. The van der Waals surface area contributed by atoms with Crippen molar-refractivity contribution >= 4 is 50.2 Å². The van der Waals surface area contributed by atoms with Gasteiger partial charge in [-0.2, -0.15) is 9.97 Å². The average Bonchev–Trinajstić information content (AvgIpc) is 3.21. The third-order valence-electron chi connectivity index (χ3n) is 6.60. The highest BCUT2D eigenvalue weighted by Gasteiger charge is 2.49. The van der Waals surface area contributed by atoms with E-state index in [-0.39, 0.29) is 63.1 Å². The molecule has 1 aromatic heterocycles. The lowest BCUT2D eigenvalue weighted by atomic mass is 9.95. The Morgan fingerprint density at radius 2 is 2.22 bits per heavy atom. The van der Waals surface area contributed by atoms with E-state index in [1.165, 1.54) is 11.8 Å². The smallest absolute Gasteiger partial charge is 0.319 e. The van der Waals surface area contributed by atoms with Crippen molar-refractivity contribution in [1.82, 2.24) is 14.9 Å². The summed E-state index contributed by atoms with van der Waals surface area (Å²) in [6, 6.07) is -0.453. The second-order valence-electron chi connectivity index (χ2n) is 8.74. The fraction of sp³-hybridized carbons (Fsp3) is 0.571. The average molecular weight is 532 g/mol. The Labute approximate surface area is 197 Å². The first-order chi connectivity index (χ1) is 15.2. The molecule has 2 fully saturated rings. The second-order valence-corrected chi connectivity index (χ2v) is 9.91. The van der Waals surface area contributed by atoms with Crippen LogP contribution in [-0.2, 0) is 4.79 Å². The summed E-state index contributed by atoms with van der Waals surface area (Å²) in [6.45, 7) is 4.76. The first-order valence-corrected chi connectivity index (χ1v) is 11.7. The SMILES string of the molecule is CC(=O)N1c2nc(OC[C@@]34CCCN3C[C@H](F)C4)nc3c(F)c(Br)c(Cl)c(c23)OC[C@@H]1C. The minimum absolute atomic E-state index is 0.0119. The quantitative estimate of drug-likeness (QED) is 0.551. The molecule has 0 unspecified atom stereocenters. The number of fused-ring (bicyclic) bond motifs is 1. The van der Waals surface area contributed by atoms with E-state index in [1.54, 1.807) is 6.92 Å². The van der Waals surface area contributed by atoms with Gasteiger partial charge in [0.1, 0.15) is 29.9 Å². The van der Waals surface area contributed by atoms with E-state index >= 15 is 4.39 Å². The number of aromatic nitrogens is 2. The van der Waals surface area contributed by atoms with Gasteiger partial charge >= 0.3 is 6.01 Å². The van der Waals surface area contributed by atoms with Crippen molar-refractivity contribution in [1.29, 1.82) is 0 Å². The first kappa shape index (κ1) is 22.0. The minimum atomic E-state index is -0.898. The number of rotatable bonds is 3. The second kappa shape index (κ2) is 7.92. The normalized spacial score (nSPS) is 27.4. The van der Waals surface area contributed by atoms with E-state index in [4.69, 9.17) is 21.1 Å². The van der Waals surface area contributed by atoms with Crippen molar-refractivity contribution in [3.8, 4) is 11.8 Å². The number of hydrogen-bond acceptors (Lipinski definition) is 6. The van der Waals surface area contributed by atoms with Gasteiger partial charge in [-0.05, 0) is 42.2 Å². The van der Waals surface area contributed by atoms with E-state index in [9.17, 15) is 9.18 Å². The van der Waals surface area contributed by atoms with Crippen LogP contribution in [0.3, 0.4) is 0 Å². The van der Waals surface area contributed by atoms with Gasteiger partial charge < -0.3 is 9.47 Å². The van der Waals surface area contributed by atoms with E-state index in [0.29, 0.717) is 13.0 Å². The zero-order valence-electron chi connectivity index (χ0n) is 17.6. The molecule has 3 atom stereocenters. The molecule has 5 rings (SSSR count). The molecule has 1 amide bonds. The molecule has 2 aromatic rings. The highest BCUT2D eigenvalue weighted by Crippen LogP contribution is 2.47. The topological polar surface area (TPSA) is 67.8 Å². The van der Waals surface area contributed by atoms with Crippen molar-refractivity contribution in [2.24, 2.45) is 0 Å². The van der Waals surface area contributed by atoms with Crippen LogP contribution in [0.1, 0.15) is 33.1 Å². The van der Waals surface area contributed by atoms with Crippen LogP contribution < -0.4 is 14.4 Å². The summed E-state index contributed by atoms with van der Waals surface area (Å²) < 4.78 is 41.1. The van der Waals surface area contributed by atoms with Gasteiger partial charge in [0.05, 0.1) is 21.4 Å². The van der Waals surface area contributed by atoms with Gasteiger partial charge in [0.25, 0.3) is 0 Å². The molecular formula is C21H22BrClF2N4O3. The maximum absolute atomic E-state index is 15.2. The summed E-state index contributed by atoms with van der Waals surface area (Å²) in [5.74, 6) is -0.588. The lowest BCUT2D eigenvalue weighted by Crippen LogP contribution is -2.43. The maximum Gasteiger partial charge on any atom is 0.319 e. The highest BCUT2D eigenvalue weighted by molar-refractivity contribution is 9.10. The Morgan fingerprint density at radius 3 is 2.97 bits per heavy atom. The third kappa shape index (κ3) is 3.33. The van der Waals surface area contributed by atoms with E-state index in [0.717, 1.165) is 19.4 Å². The van der Waals surface area contributed by atoms with Gasteiger partial charge in [-0.1, -0.05) is 11.6 Å². The van der Waals surface area contributed by atoms with Crippen LogP contribution in [0.15, 0.2) is 4.47 Å². The molecule has 4 heterocycles. The summed E-state index contributed by atoms with van der Waals surface area (Å²) in [5.41, 5.74) is -0.473. The zero-order valence-corrected chi connectivity index (χ0v) is 20.0. The molecule has 0 saturated carbocycles. The molecule has 172 valence electrons. The van der Waals surface area contributed by atoms with Gasteiger partial charge in [-0.3, -0.25) is 14.6 Å². The summed E-state index contributed by atoms with van der Waals surface area (Å²) in [4.78, 5) is 24.8. The number of carbonyl (C=O) groups excluding carboxylic acids is 1. The number of hydrogen-bond donors (Lipinski definition) is 0. The number of nitrogens with zero attached hydrogens (tertiary/aromatic N) is 4. The van der Waals surface area contributed by atoms with Crippen LogP contribution in [0.4, 0.5) is 14.6 Å². The molecule has 0 bridgehead atoms. The Hall–Kier alpha value is -1.78. The van der Waals surface area contributed by atoms with Gasteiger partial charge in [0, 0.05) is 19.9 Å². The lowest BCUT2D eigenvalue weighted by Gasteiger charge is -2.31. The molecule has 3 aliphatic rings. The molecule has 0 aliphatic carbocycles. The molecule has 0 radical (unpaired) electrons. The van der Waals surface area contributed by atoms with E-state index in [1.807, 2.05) is 0 Å². The van der Waals surface area contributed by atoms with Gasteiger partial charge in [-0.25, -0.2) is 8.78 Å². The number of carbonyl (C=O) groups is 1. The molecule has 0 spiro atoms. The Kier molecular flexibility index (Phi) is 5.45. The van der Waals surface area contributed by atoms with Crippen LogP contribution in [0, 0.1) is 5.82 Å². The van der Waals surface area contributed by atoms with Crippen molar-refractivity contribution in [3.63, 3.8) is 0 Å². The van der Waals surface area contributed by atoms with E-state index in [2.05, 4.69) is 30.8 Å². The van der Waals surface area contributed by atoms with Crippen LogP contribution in [0.25, 0.3) is 10.9 Å². The molecular weight excluding hydrogens is 510 g/mol. The molecule has 32 heavy (non-hydrogen) atoms. The predicted molar refractivity (Wildman–Crippen MR) is 119 cm³/mol. The van der Waals surface area contributed by atoms with Crippen molar-refractivity contribution in [3.05, 3.63) is 15.3 Å². The van der Waals surface area contributed by atoms with E-state index < -0.39 is 17.5 Å². The van der Waals surface area contributed by atoms with Gasteiger partial charge in [0.2, 0.25) is 5.91 Å². The summed E-state index contributed by atoms with van der Waals surface area (Å²) in [5, 5.41) is 0.263. The molecule has 1 aromatic carbocycles. The fourth-order valence-corrected chi connectivity index (χ4v) is 5.78. The third-order valence-corrected chi connectivity index (χ3v) is 7.93. The number of anilines is 1. The minimum Gasteiger partial charge on any atom is -0.489 e. The predicted octanol–water partition coefficient (Wildman–Crippen LogP) is 4.27. The van der Waals surface area contributed by atoms with Crippen molar-refractivity contribution in [2.45, 2.75) is 50.9 Å². The van der Waals surface area contributed by atoms with Crippen molar-refractivity contribution in [2.75, 3.05) is 31.2 Å². The lowest BCUT2D eigenvalue weighted by molar-refractivity contribution is -0.117. The van der Waals surface area contributed by atoms with Gasteiger partial charge in [-0.15, -0.1) is 0 Å². The van der Waals surface area contributed by atoms with Crippen molar-refractivity contribution < 1.29 is 23.0 Å². The fourth-order valence-electron chi connectivity index (χ4n) is 5.18.